The number of hydrogen-bond acceptors (Lipinski definition) is 4. The van der Waals surface area contributed by atoms with E-state index in [1.165, 1.54) is 0 Å². The maximum Gasteiger partial charge on any atom is 0.315 e. The van der Waals surface area contributed by atoms with Crippen molar-refractivity contribution in [3.05, 3.63) is 59.7 Å². The van der Waals surface area contributed by atoms with Crippen molar-refractivity contribution in [3.63, 3.8) is 0 Å². The molecule has 27 heavy (non-hydrogen) atoms. The quantitative estimate of drug-likeness (QED) is 0.489. The zero-order valence-corrected chi connectivity index (χ0v) is 15.0. The molecule has 2 aromatic rings. The zero-order valence-electron chi connectivity index (χ0n) is 15.0. The van der Waals surface area contributed by atoms with Gasteiger partial charge in [0.25, 0.3) is 5.91 Å². The number of anilines is 1. The standard InChI is InChI=1S/C20H24N4O3/c21-17-10-4-9-16(18(17)25)19(26)24-11-5-8-15(13-24)23-20(27)22-12-14-6-2-1-3-7-14/h1-4,6-7,9-10,15,25H,5,8,11-13,21H2,(H2,22,23,27). The molecule has 1 unspecified atom stereocenters. The fourth-order valence-electron chi connectivity index (χ4n) is 3.20. The summed E-state index contributed by atoms with van der Waals surface area (Å²) in [6.45, 7) is 1.42. The van der Waals surface area contributed by atoms with Crippen LogP contribution in [0, 0.1) is 0 Å². The predicted molar refractivity (Wildman–Crippen MR) is 103 cm³/mol. The highest BCUT2D eigenvalue weighted by Gasteiger charge is 2.27. The van der Waals surface area contributed by atoms with E-state index in [9.17, 15) is 14.7 Å². The van der Waals surface area contributed by atoms with Gasteiger partial charge in [-0.15, -0.1) is 0 Å². The number of hydrogen-bond donors (Lipinski definition) is 4. The van der Waals surface area contributed by atoms with Crippen LogP contribution < -0.4 is 16.4 Å². The number of para-hydroxylation sites is 1. The van der Waals surface area contributed by atoms with Crippen molar-refractivity contribution in [2.75, 3.05) is 18.8 Å². The van der Waals surface area contributed by atoms with E-state index >= 15 is 0 Å². The zero-order chi connectivity index (χ0) is 19.2. The van der Waals surface area contributed by atoms with E-state index in [0.29, 0.717) is 19.6 Å². The van der Waals surface area contributed by atoms with Crippen LogP contribution in [0.1, 0.15) is 28.8 Å². The van der Waals surface area contributed by atoms with Gasteiger partial charge in [-0.05, 0) is 30.5 Å². The Bertz CT molecular complexity index is 810. The molecular weight excluding hydrogens is 344 g/mol. The number of phenolic OH excluding ortho intramolecular Hbond substituents is 1. The van der Waals surface area contributed by atoms with Crippen LogP contribution in [0.25, 0.3) is 0 Å². The first-order valence-electron chi connectivity index (χ1n) is 8.99. The van der Waals surface area contributed by atoms with E-state index in [1.54, 1.807) is 23.1 Å². The Balaban J connectivity index is 1.55. The van der Waals surface area contributed by atoms with E-state index in [4.69, 9.17) is 5.73 Å². The molecule has 3 rings (SSSR count). The maximum atomic E-state index is 12.7. The molecule has 1 fully saturated rings. The van der Waals surface area contributed by atoms with Gasteiger partial charge in [0.05, 0.1) is 11.3 Å². The smallest absolute Gasteiger partial charge is 0.315 e. The van der Waals surface area contributed by atoms with Crippen LogP contribution in [-0.2, 0) is 6.54 Å². The molecule has 0 aromatic heterocycles. The Kier molecular flexibility index (Phi) is 5.80. The van der Waals surface area contributed by atoms with Crippen molar-refractivity contribution >= 4 is 17.6 Å². The second-order valence-corrected chi connectivity index (χ2v) is 6.65. The third-order valence-electron chi connectivity index (χ3n) is 4.64. The van der Waals surface area contributed by atoms with Gasteiger partial charge in [0, 0.05) is 25.7 Å². The molecule has 0 radical (unpaired) electrons. The van der Waals surface area contributed by atoms with Crippen LogP contribution >= 0.6 is 0 Å². The monoisotopic (exact) mass is 368 g/mol. The molecule has 0 bridgehead atoms. The molecule has 142 valence electrons. The minimum Gasteiger partial charge on any atom is -0.505 e. The van der Waals surface area contributed by atoms with E-state index in [-0.39, 0.29) is 35.0 Å². The molecule has 2 aromatic carbocycles. The van der Waals surface area contributed by atoms with Gasteiger partial charge in [-0.1, -0.05) is 36.4 Å². The first-order chi connectivity index (χ1) is 13.0. The highest BCUT2D eigenvalue weighted by molar-refractivity contribution is 5.98. The number of benzene rings is 2. The summed E-state index contributed by atoms with van der Waals surface area (Å²) in [5.74, 6) is -0.478. The van der Waals surface area contributed by atoms with Crippen molar-refractivity contribution in [1.29, 1.82) is 0 Å². The molecule has 0 saturated carbocycles. The lowest BCUT2D eigenvalue weighted by molar-refractivity contribution is 0.0694. The Morgan fingerprint density at radius 1 is 1.15 bits per heavy atom. The average molecular weight is 368 g/mol. The molecule has 1 atom stereocenters. The van der Waals surface area contributed by atoms with Crippen molar-refractivity contribution in [2.45, 2.75) is 25.4 Å². The number of aromatic hydroxyl groups is 1. The van der Waals surface area contributed by atoms with Crippen LogP contribution in [0.3, 0.4) is 0 Å². The molecule has 7 heteroatoms. The summed E-state index contributed by atoms with van der Waals surface area (Å²) in [6, 6.07) is 14.0. The fourth-order valence-corrected chi connectivity index (χ4v) is 3.20. The number of nitrogens with one attached hydrogen (secondary N) is 2. The number of phenols is 1. The van der Waals surface area contributed by atoms with Crippen LogP contribution in [-0.4, -0.2) is 41.1 Å². The molecule has 7 nitrogen and oxygen atoms in total. The first-order valence-corrected chi connectivity index (χ1v) is 8.99. The lowest BCUT2D eigenvalue weighted by Gasteiger charge is -2.33. The number of carbonyl (C=O) groups excluding carboxylic acids is 2. The Hall–Kier alpha value is -3.22. The van der Waals surface area contributed by atoms with Crippen molar-refractivity contribution < 1.29 is 14.7 Å². The van der Waals surface area contributed by atoms with Crippen molar-refractivity contribution in [2.24, 2.45) is 0 Å². The number of nitrogens with zero attached hydrogens (tertiary/aromatic N) is 1. The molecule has 1 heterocycles. The molecule has 5 N–H and O–H groups in total. The van der Waals surface area contributed by atoms with Crippen LogP contribution in [0.5, 0.6) is 5.75 Å². The topological polar surface area (TPSA) is 108 Å². The largest absolute Gasteiger partial charge is 0.505 e. The van der Waals surface area contributed by atoms with Crippen LogP contribution in [0.2, 0.25) is 0 Å². The highest BCUT2D eigenvalue weighted by atomic mass is 16.3. The summed E-state index contributed by atoms with van der Waals surface area (Å²) in [7, 11) is 0. The maximum absolute atomic E-state index is 12.7. The predicted octanol–water partition coefficient (Wildman–Crippen LogP) is 2.08. The lowest BCUT2D eigenvalue weighted by Crippen LogP contribution is -2.51. The third-order valence-corrected chi connectivity index (χ3v) is 4.64. The summed E-state index contributed by atoms with van der Waals surface area (Å²) in [4.78, 5) is 26.5. The number of urea groups is 1. The van der Waals surface area contributed by atoms with E-state index < -0.39 is 0 Å². The molecule has 1 aliphatic rings. The second-order valence-electron chi connectivity index (χ2n) is 6.65. The number of nitrogen functional groups attached to an aromatic ring is 1. The Labute approximate surface area is 158 Å². The molecule has 0 aliphatic carbocycles. The van der Waals surface area contributed by atoms with Gasteiger partial charge in [0.2, 0.25) is 0 Å². The van der Waals surface area contributed by atoms with E-state index in [1.807, 2.05) is 30.3 Å². The van der Waals surface area contributed by atoms with Crippen molar-refractivity contribution in [3.8, 4) is 5.75 Å². The number of piperidine rings is 1. The van der Waals surface area contributed by atoms with Gasteiger partial charge in [0.15, 0.2) is 5.75 Å². The van der Waals surface area contributed by atoms with Crippen LogP contribution in [0.15, 0.2) is 48.5 Å². The average Bonchev–Trinajstić information content (AvgIpc) is 2.69. The summed E-state index contributed by atoms with van der Waals surface area (Å²) >= 11 is 0. The summed E-state index contributed by atoms with van der Waals surface area (Å²) in [5.41, 5.74) is 7.05. The summed E-state index contributed by atoms with van der Waals surface area (Å²) < 4.78 is 0. The Morgan fingerprint density at radius 3 is 2.70 bits per heavy atom. The van der Waals surface area contributed by atoms with Crippen LogP contribution in [0.4, 0.5) is 10.5 Å². The van der Waals surface area contributed by atoms with E-state index in [0.717, 1.165) is 18.4 Å². The fraction of sp³-hybridized carbons (Fsp3) is 0.300. The summed E-state index contributed by atoms with van der Waals surface area (Å²) in [6.07, 6.45) is 1.57. The molecule has 1 aliphatic heterocycles. The van der Waals surface area contributed by atoms with Crippen molar-refractivity contribution in [1.82, 2.24) is 15.5 Å². The SMILES string of the molecule is Nc1cccc(C(=O)N2CCCC(NC(=O)NCc3ccccc3)C2)c1O. The number of likely N-dealkylation sites (tertiary alicyclic amines) is 1. The first kappa shape index (κ1) is 18.6. The van der Waals surface area contributed by atoms with Gasteiger partial charge in [-0.25, -0.2) is 4.79 Å². The van der Waals surface area contributed by atoms with Gasteiger partial charge in [-0.2, -0.15) is 0 Å². The molecule has 1 saturated heterocycles. The highest BCUT2D eigenvalue weighted by Crippen LogP contribution is 2.26. The van der Waals surface area contributed by atoms with Gasteiger partial charge in [0.1, 0.15) is 0 Å². The lowest BCUT2D eigenvalue weighted by atomic mass is 10.0. The minimum atomic E-state index is -0.281. The number of amides is 3. The Morgan fingerprint density at radius 2 is 1.93 bits per heavy atom. The molecular formula is C20H24N4O3. The van der Waals surface area contributed by atoms with Gasteiger partial charge in [-0.3, -0.25) is 4.79 Å². The van der Waals surface area contributed by atoms with Gasteiger partial charge < -0.3 is 26.4 Å². The minimum absolute atomic E-state index is 0.137. The normalized spacial score (nSPS) is 16.6. The molecule has 0 spiro atoms. The number of rotatable bonds is 4. The number of nitrogens with two attached hydrogens (primary N) is 1. The third kappa shape index (κ3) is 4.69. The summed E-state index contributed by atoms with van der Waals surface area (Å²) in [5, 5.41) is 15.8. The number of carbonyl (C=O) groups is 2. The van der Waals surface area contributed by atoms with Gasteiger partial charge >= 0.3 is 6.03 Å². The molecule has 3 amide bonds. The second kappa shape index (κ2) is 8.44. The van der Waals surface area contributed by atoms with E-state index in [2.05, 4.69) is 10.6 Å².